The molecule has 4 nitrogen and oxygen atoms in total. The smallest absolute Gasteiger partial charge is 0.235 e. The molecule has 1 heterocycles. The van der Waals surface area contributed by atoms with Crippen molar-refractivity contribution in [2.24, 2.45) is 5.41 Å². The van der Waals surface area contributed by atoms with Crippen molar-refractivity contribution in [3.63, 3.8) is 0 Å². The maximum Gasteiger partial charge on any atom is 0.235 e. The summed E-state index contributed by atoms with van der Waals surface area (Å²) in [5, 5.41) is 3.27. The average Bonchev–Trinajstić information content (AvgIpc) is 2.25. The molecule has 0 aromatic carbocycles. The van der Waals surface area contributed by atoms with Crippen LogP contribution >= 0.6 is 0 Å². The fraction of sp³-hybridized carbons (Fsp3) is 0.833. The third kappa shape index (κ3) is 3.04. The second-order valence-electron chi connectivity index (χ2n) is 6.09. The lowest BCUT2D eigenvalue weighted by molar-refractivity contribution is -0.140. The van der Waals surface area contributed by atoms with Gasteiger partial charge >= 0.3 is 0 Å². The van der Waals surface area contributed by atoms with Gasteiger partial charge in [-0.1, -0.05) is 13.8 Å². The minimum atomic E-state index is -0.515. The van der Waals surface area contributed by atoms with Crippen LogP contribution in [0.25, 0.3) is 0 Å². The van der Waals surface area contributed by atoms with Crippen LogP contribution in [-0.4, -0.2) is 35.3 Å². The highest BCUT2D eigenvalue weighted by molar-refractivity contribution is 6.05. The Morgan fingerprint density at radius 3 is 2.25 bits per heavy atom. The molecule has 4 heteroatoms. The van der Waals surface area contributed by atoms with Crippen LogP contribution in [0.15, 0.2) is 0 Å². The Labute approximate surface area is 97.4 Å². The molecule has 1 rings (SSSR count). The van der Waals surface area contributed by atoms with Gasteiger partial charge < -0.3 is 5.32 Å². The molecule has 2 amide bonds. The van der Waals surface area contributed by atoms with Crippen molar-refractivity contribution in [1.82, 2.24) is 10.2 Å². The average molecular weight is 226 g/mol. The van der Waals surface area contributed by atoms with Crippen molar-refractivity contribution >= 4 is 11.8 Å². The van der Waals surface area contributed by atoms with Gasteiger partial charge in [0.2, 0.25) is 11.8 Å². The number of carbonyl (C=O) groups excluding carboxylic acids is 2. The Morgan fingerprint density at radius 1 is 1.31 bits per heavy atom. The quantitative estimate of drug-likeness (QED) is 0.735. The van der Waals surface area contributed by atoms with Crippen LogP contribution in [0.5, 0.6) is 0 Å². The van der Waals surface area contributed by atoms with Gasteiger partial charge in [-0.25, -0.2) is 0 Å². The summed E-state index contributed by atoms with van der Waals surface area (Å²) in [6.45, 7) is 10.9. The maximum atomic E-state index is 11.9. The molecule has 1 aliphatic rings. The number of carbonyl (C=O) groups is 2. The molecule has 0 unspecified atom stereocenters. The Balaban J connectivity index is 2.50. The summed E-state index contributed by atoms with van der Waals surface area (Å²) >= 11 is 0. The van der Waals surface area contributed by atoms with Crippen LogP contribution in [0, 0.1) is 5.41 Å². The van der Waals surface area contributed by atoms with E-state index < -0.39 is 5.41 Å². The third-order valence-electron chi connectivity index (χ3n) is 2.71. The summed E-state index contributed by atoms with van der Waals surface area (Å²) in [4.78, 5) is 24.9. The van der Waals surface area contributed by atoms with Crippen LogP contribution in [0.1, 0.15) is 41.0 Å². The number of imide groups is 1. The summed E-state index contributed by atoms with van der Waals surface area (Å²) in [5.74, 6) is -0.0982. The molecule has 0 aromatic heterocycles. The van der Waals surface area contributed by atoms with E-state index in [1.807, 2.05) is 13.8 Å². The molecule has 92 valence electrons. The van der Waals surface area contributed by atoms with E-state index >= 15 is 0 Å². The first kappa shape index (κ1) is 13.2. The van der Waals surface area contributed by atoms with Gasteiger partial charge in [-0.2, -0.15) is 0 Å². The van der Waals surface area contributed by atoms with E-state index in [9.17, 15) is 9.59 Å². The molecule has 0 aromatic rings. The number of nitrogens with zero attached hydrogens (tertiary/aromatic N) is 1. The van der Waals surface area contributed by atoms with Gasteiger partial charge in [0.05, 0.1) is 5.41 Å². The molecular weight excluding hydrogens is 204 g/mol. The zero-order chi connectivity index (χ0) is 12.6. The van der Waals surface area contributed by atoms with Crippen LogP contribution in [0.3, 0.4) is 0 Å². The molecule has 16 heavy (non-hydrogen) atoms. The monoisotopic (exact) mass is 226 g/mol. The second-order valence-corrected chi connectivity index (χ2v) is 6.09. The van der Waals surface area contributed by atoms with Crippen LogP contribution in [0.2, 0.25) is 0 Å². The summed E-state index contributed by atoms with van der Waals surface area (Å²) in [5.41, 5.74) is -0.500. The van der Waals surface area contributed by atoms with E-state index in [1.165, 1.54) is 4.90 Å². The molecular formula is C12H22N2O2. The largest absolute Gasteiger partial charge is 0.310 e. The first-order chi connectivity index (χ1) is 7.13. The Kier molecular flexibility index (Phi) is 3.43. The topological polar surface area (TPSA) is 49.4 Å². The van der Waals surface area contributed by atoms with Gasteiger partial charge in [-0.05, 0) is 20.8 Å². The van der Waals surface area contributed by atoms with Gasteiger partial charge in [0, 0.05) is 25.0 Å². The van der Waals surface area contributed by atoms with Crippen molar-refractivity contribution < 1.29 is 9.59 Å². The lowest BCUT2D eigenvalue weighted by Crippen LogP contribution is -2.43. The molecule has 1 saturated heterocycles. The molecule has 0 aliphatic carbocycles. The molecule has 0 atom stereocenters. The van der Waals surface area contributed by atoms with E-state index in [0.29, 0.717) is 19.5 Å². The van der Waals surface area contributed by atoms with Crippen molar-refractivity contribution in [3.8, 4) is 0 Å². The van der Waals surface area contributed by atoms with Gasteiger partial charge in [-0.3, -0.25) is 14.5 Å². The maximum absolute atomic E-state index is 11.9. The highest BCUT2D eigenvalue weighted by Crippen LogP contribution is 2.31. The highest BCUT2D eigenvalue weighted by atomic mass is 16.2. The zero-order valence-corrected chi connectivity index (χ0v) is 10.9. The molecule has 0 saturated carbocycles. The van der Waals surface area contributed by atoms with E-state index in [-0.39, 0.29) is 17.4 Å². The summed E-state index contributed by atoms with van der Waals surface area (Å²) < 4.78 is 0. The minimum Gasteiger partial charge on any atom is -0.310 e. The van der Waals surface area contributed by atoms with Crippen molar-refractivity contribution in [2.45, 2.75) is 46.6 Å². The van der Waals surface area contributed by atoms with Crippen LogP contribution < -0.4 is 5.32 Å². The van der Waals surface area contributed by atoms with Gasteiger partial charge in [0.1, 0.15) is 0 Å². The number of amides is 2. The first-order valence-electron chi connectivity index (χ1n) is 5.73. The number of rotatable bonds is 3. The van der Waals surface area contributed by atoms with Gasteiger partial charge in [-0.15, -0.1) is 0 Å². The number of nitrogens with one attached hydrogen (secondary N) is 1. The molecule has 0 spiro atoms. The third-order valence-corrected chi connectivity index (χ3v) is 2.71. The molecule has 1 fully saturated rings. The fourth-order valence-electron chi connectivity index (χ4n) is 1.80. The molecule has 0 bridgehead atoms. The van der Waals surface area contributed by atoms with E-state index in [1.54, 1.807) is 0 Å². The second kappa shape index (κ2) is 4.17. The summed E-state index contributed by atoms with van der Waals surface area (Å²) in [7, 11) is 0. The van der Waals surface area contributed by atoms with Crippen LogP contribution in [0.4, 0.5) is 0 Å². The zero-order valence-electron chi connectivity index (χ0n) is 10.9. The molecule has 1 aliphatic heterocycles. The van der Waals surface area contributed by atoms with Gasteiger partial charge in [0.15, 0.2) is 0 Å². The lowest BCUT2D eigenvalue weighted by atomic mass is 9.92. The number of hydrogen-bond donors (Lipinski definition) is 1. The van der Waals surface area contributed by atoms with E-state index in [2.05, 4.69) is 26.1 Å². The number of hydrogen-bond acceptors (Lipinski definition) is 3. The first-order valence-corrected chi connectivity index (χ1v) is 5.73. The Morgan fingerprint density at radius 2 is 1.88 bits per heavy atom. The lowest BCUT2D eigenvalue weighted by Gasteiger charge is -2.23. The van der Waals surface area contributed by atoms with Gasteiger partial charge in [0.25, 0.3) is 0 Å². The Hall–Kier alpha value is -0.900. The highest BCUT2D eigenvalue weighted by Gasteiger charge is 2.44. The predicted molar refractivity (Wildman–Crippen MR) is 62.9 cm³/mol. The van der Waals surface area contributed by atoms with Crippen LogP contribution in [-0.2, 0) is 9.59 Å². The van der Waals surface area contributed by atoms with E-state index in [0.717, 1.165) is 0 Å². The van der Waals surface area contributed by atoms with E-state index in [4.69, 9.17) is 0 Å². The standard InChI is InChI=1S/C12H22N2O2/c1-11(2,3)13-6-7-14-9(15)8-12(4,5)10(14)16/h13H,6-8H2,1-5H3. The van der Waals surface area contributed by atoms with Crippen molar-refractivity contribution in [2.75, 3.05) is 13.1 Å². The fourth-order valence-corrected chi connectivity index (χ4v) is 1.80. The molecule has 0 radical (unpaired) electrons. The normalized spacial score (nSPS) is 20.7. The number of likely N-dealkylation sites (tertiary alicyclic amines) is 1. The summed E-state index contributed by atoms with van der Waals surface area (Å²) in [6.07, 6.45) is 0.335. The van der Waals surface area contributed by atoms with Crippen molar-refractivity contribution in [1.29, 1.82) is 0 Å². The minimum absolute atomic E-state index is 0.0152. The predicted octanol–water partition coefficient (Wildman–Crippen LogP) is 1.16. The SMILES string of the molecule is CC(C)(C)NCCN1C(=O)CC(C)(C)C1=O. The van der Waals surface area contributed by atoms with Crippen molar-refractivity contribution in [3.05, 3.63) is 0 Å². The molecule has 1 N–H and O–H groups in total. The Bertz CT molecular complexity index is 303. The summed E-state index contributed by atoms with van der Waals surface area (Å²) in [6, 6.07) is 0.